The number of hydrogen-bond donors (Lipinski definition) is 0. The maximum absolute atomic E-state index is 6.01. The van der Waals surface area contributed by atoms with Gasteiger partial charge in [-0.25, -0.2) is 0 Å². The van der Waals surface area contributed by atoms with E-state index in [-0.39, 0.29) is 0 Å². The minimum Gasteiger partial charge on any atom is -0.362 e. The Labute approximate surface area is 117 Å². The van der Waals surface area contributed by atoms with Crippen molar-refractivity contribution in [3.63, 3.8) is 0 Å². The zero-order valence-electron chi connectivity index (χ0n) is 10.6. The number of halogens is 1. The van der Waals surface area contributed by atoms with Crippen molar-refractivity contribution in [3.8, 4) is 0 Å². The predicted molar refractivity (Wildman–Crippen MR) is 79.4 cm³/mol. The molecule has 0 aliphatic heterocycles. The zero-order chi connectivity index (χ0) is 13.0. The van der Waals surface area contributed by atoms with Crippen LogP contribution < -0.4 is 4.90 Å². The van der Waals surface area contributed by atoms with Crippen molar-refractivity contribution in [1.29, 1.82) is 0 Å². The Morgan fingerprint density at radius 3 is 2.83 bits per heavy atom. The highest BCUT2D eigenvalue weighted by Crippen LogP contribution is 2.26. The normalized spacial score (nSPS) is 10.9. The van der Waals surface area contributed by atoms with Gasteiger partial charge in [0.05, 0.1) is 18.4 Å². The molecule has 0 aromatic carbocycles. The van der Waals surface area contributed by atoms with Crippen LogP contribution in [0.4, 0.5) is 5.69 Å². The Kier molecular flexibility index (Phi) is 4.61. The Morgan fingerprint density at radius 2 is 2.22 bits per heavy atom. The van der Waals surface area contributed by atoms with Crippen LogP contribution in [0.25, 0.3) is 0 Å². The number of pyridine rings is 1. The van der Waals surface area contributed by atoms with Crippen LogP contribution in [0, 0.1) is 0 Å². The third kappa shape index (κ3) is 3.03. The van der Waals surface area contributed by atoms with Gasteiger partial charge >= 0.3 is 0 Å². The van der Waals surface area contributed by atoms with Crippen molar-refractivity contribution >= 4 is 28.6 Å². The minimum atomic E-state index is 0.415. The largest absolute Gasteiger partial charge is 0.362 e. The second-order valence-electron chi connectivity index (χ2n) is 4.44. The van der Waals surface area contributed by atoms with Gasteiger partial charge in [0.25, 0.3) is 0 Å². The van der Waals surface area contributed by atoms with Crippen LogP contribution in [0.3, 0.4) is 0 Å². The Morgan fingerprint density at radius 1 is 1.39 bits per heavy atom. The van der Waals surface area contributed by atoms with Crippen molar-refractivity contribution in [1.82, 2.24) is 4.98 Å². The molecule has 0 aliphatic rings. The number of aromatic nitrogens is 1. The molecule has 96 valence electrons. The number of rotatable bonds is 5. The zero-order valence-corrected chi connectivity index (χ0v) is 12.2. The van der Waals surface area contributed by atoms with Crippen LogP contribution in [0.15, 0.2) is 36.0 Å². The van der Waals surface area contributed by atoms with Crippen molar-refractivity contribution in [2.45, 2.75) is 32.3 Å². The Balaban J connectivity index is 2.29. The SMILES string of the molecule is CC(C)N(Cc1cccs1)c1cnccc1CCl. The lowest BCUT2D eigenvalue weighted by Gasteiger charge is -2.29. The highest BCUT2D eigenvalue weighted by molar-refractivity contribution is 7.09. The molecule has 4 heteroatoms. The van der Waals surface area contributed by atoms with Gasteiger partial charge < -0.3 is 4.90 Å². The molecule has 0 amide bonds. The Bertz CT molecular complexity index is 482. The predicted octanol–water partition coefficient (Wildman–Crippen LogP) is 4.30. The summed E-state index contributed by atoms with van der Waals surface area (Å²) in [6.45, 7) is 5.29. The minimum absolute atomic E-state index is 0.415. The molecule has 0 saturated heterocycles. The van der Waals surface area contributed by atoms with Crippen LogP contribution in [-0.2, 0) is 12.4 Å². The molecule has 0 saturated carbocycles. The van der Waals surface area contributed by atoms with Gasteiger partial charge in [-0.2, -0.15) is 0 Å². The summed E-state index contributed by atoms with van der Waals surface area (Å²) in [5.74, 6) is 0.519. The summed E-state index contributed by atoms with van der Waals surface area (Å²) in [6.07, 6.45) is 3.70. The smallest absolute Gasteiger partial charge is 0.0603 e. The van der Waals surface area contributed by atoms with Crippen molar-refractivity contribution in [2.24, 2.45) is 0 Å². The van der Waals surface area contributed by atoms with E-state index in [1.54, 1.807) is 17.5 Å². The third-order valence-corrected chi connectivity index (χ3v) is 4.02. The average Bonchev–Trinajstić information content (AvgIpc) is 2.88. The van der Waals surface area contributed by atoms with Crippen LogP contribution in [-0.4, -0.2) is 11.0 Å². The molecule has 2 heterocycles. The van der Waals surface area contributed by atoms with Gasteiger partial charge in [-0.3, -0.25) is 4.98 Å². The third-order valence-electron chi connectivity index (χ3n) is 2.87. The summed E-state index contributed by atoms with van der Waals surface area (Å²) in [7, 11) is 0. The van der Waals surface area contributed by atoms with E-state index < -0.39 is 0 Å². The van der Waals surface area contributed by atoms with Gasteiger partial charge in [-0.15, -0.1) is 22.9 Å². The molecular formula is C14H17ClN2S. The molecule has 2 nitrogen and oxygen atoms in total. The first-order valence-electron chi connectivity index (χ1n) is 6.00. The monoisotopic (exact) mass is 280 g/mol. The summed E-state index contributed by atoms with van der Waals surface area (Å²) in [5, 5.41) is 2.11. The van der Waals surface area contributed by atoms with Gasteiger partial charge in [-0.05, 0) is 36.9 Å². The summed E-state index contributed by atoms with van der Waals surface area (Å²) in [4.78, 5) is 7.93. The van der Waals surface area contributed by atoms with Crippen LogP contribution in [0.2, 0.25) is 0 Å². The molecule has 2 aromatic heterocycles. The molecule has 0 unspecified atom stereocenters. The lowest BCUT2D eigenvalue weighted by atomic mass is 10.2. The first-order valence-corrected chi connectivity index (χ1v) is 7.41. The van der Waals surface area contributed by atoms with Gasteiger partial charge in [0.15, 0.2) is 0 Å². The average molecular weight is 281 g/mol. The summed E-state index contributed by atoms with van der Waals surface area (Å²) >= 11 is 7.79. The first-order chi connectivity index (χ1) is 8.72. The summed E-state index contributed by atoms with van der Waals surface area (Å²) < 4.78 is 0. The van der Waals surface area contributed by atoms with Gasteiger partial charge in [0.1, 0.15) is 0 Å². The summed E-state index contributed by atoms with van der Waals surface area (Å²) in [5.41, 5.74) is 2.27. The fourth-order valence-electron chi connectivity index (χ4n) is 1.90. The molecule has 18 heavy (non-hydrogen) atoms. The number of nitrogens with zero attached hydrogens (tertiary/aromatic N) is 2. The van der Waals surface area contributed by atoms with Crippen molar-refractivity contribution in [2.75, 3.05) is 4.90 Å². The van der Waals surface area contributed by atoms with E-state index >= 15 is 0 Å². The molecule has 2 rings (SSSR count). The van der Waals surface area contributed by atoms with E-state index in [2.05, 4.69) is 41.2 Å². The molecule has 0 aliphatic carbocycles. The second-order valence-corrected chi connectivity index (χ2v) is 5.74. The Hall–Kier alpha value is -1.06. The topological polar surface area (TPSA) is 16.1 Å². The van der Waals surface area contributed by atoms with Crippen LogP contribution in [0.5, 0.6) is 0 Å². The van der Waals surface area contributed by atoms with Crippen molar-refractivity contribution in [3.05, 3.63) is 46.4 Å². The van der Waals surface area contributed by atoms with E-state index in [1.807, 2.05) is 12.3 Å². The maximum atomic E-state index is 6.01. The molecule has 0 N–H and O–H groups in total. The van der Waals surface area contributed by atoms with Crippen LogP contribution >= 0.6 is 22.9 Å². The highest BCUT2D eigenvalue weighted by Gasteiger charge is 2.15. The van der Waals surface area contributed by atoms with E-state index in [1.165, 1.54) is 4.88 Å². The number of thiophene rings is 1. The highest BCUT2D eigenvalue weighted by atomic mass is 35.5. The molecule has 0 atom stereocenters. The van der Waals surface area contributed by atoms with E-state index in [0.29, 0.717) is 11.9 Å². The number of alkyl halides is 1. The summed E-state index contributed by atoms with van der Waals surface area (Å²) in [6, 6.07) is 6.66. The number of hydrogen-bond acceptors (Lipinski definition) is 3. The standard InChI is InChI=1S/C14H17ClN2S/c1-11(2)17(10-13-4-3-7-18-13)14-9-16-6-5-12(14)8-15/h3-7,9,11H,8,10H2,1-2H3. The second kappa shape index (κ2) is 6.21. The fourth-order valence-corrected chi connectivity index (χ4v) is 2.83. The van der Waals surface area contributed by atoms with Gasteiger partial charge in [0, 0.05) is 23.0 Å². The lowest BCUT2D eigenvalue weighted by Crippen LogP contribution is -2.30. The van der Waals surface area contributed by atoms with Crippen molar-refractivity contribution < 1.29 is 0 Å². The van der Waals surface area contributed by atoms with E-state index in [4.69, 9.17) is 11.6 Å². The molecule has 0 bridgehead atoms. The molecule has 0 spiro atoms. The molecule has 0 radical (unpaired) electrons. The quantitative estimate of drug-likeness (QED) is 0.759. The van der Waals surface area contributed by atoms with E-state index in [9.17, 15) is 0 Å². The van der Waals surface area contributed by atoms with E-state index in [0.717, 1.165) is 17.8 Å². The van der Waals surface area contributed by atoms with Crippen LogP contribution in [0.1, 0.15) is 24.3 Å². The number of anilines is 1. The first kappa shape index (κ1) is 13.4. The van der Waals surface area contributed by atoms with Gasteiger partial charge in [-0.1, -0.05) is 6.07 Å². The lowest BCUT2D eigenvalue weighted by molar-refractivity contribution is 0.683. The van der Waals surface area contributed by atoms with Gasteiger partial charge in [0.2, 0.25) is 0 Å². The molecular weight excluding hydrogens is 264 g/mol. The fraction of sp³-hybridized carbons (Fsp3) is 0.357. The molecule has 0 fully saturated rings. The maximum Gasteiger partial charge on any atom is 0.0603 e. The molecule has 2 aromatic rings.